The molecule has 2 heterocycles. The van der Waals surface area contributed by atoms with E-state index in [1.54, 1.807) is 0 Å². The van der Waals surface area contributed by atoms with Crippen LogP contribution < -0.4 is 4.87 Å². The highest BCUT2D eigenvalue weighted by molar-refractivity contribution is 8.00. The van der Waals surface area contributed by atoms with Gasteiger partial charge in [-0.2, -0.15) is 0 Å². The second-order valence-corrected chi connectivity index (χ2v) is 9.15. The summed E-state index contributed by atoms with van der Waals surface area (Å²) in [6, 6.07) is 0. The summed E-state index contributed by atoms with van der Waals surface area (Å²) in [6.07, 6.45) is 9.82. The normalized spacial score (nSPS) is 41.7. The van der Waals surface area contributed by atoms with Crippen molar-refractivity contribution in [2.45, 2.75) is 60.6 Å². The van der Waals surface area contributed by atoms with Crippen LogP contribution in [0, 0.1) is 17.8 Å². The highest BCUT2D eigenvalue weighted by Crippen LogP contribution is 2.67. The van der Waals surface area contributed by atoms with Crippen LogP contribution in [-0.4, -0.2) is 10.2 Å². The molecular weight excluding hydrogens is 274 g/mol. The van der Waals surface area contributed by atoms with Gasteiger partial charge in [-0.15, -0.1) is 11.8 Å². The van der Waals surface area contributed by atoms with Crippen LogP contribution in [0.4, 0.5) is 0 Å². The van der Waals surface area contributed by atoms with E-state index in [0.29, 0.717) is 5.41 Å². The van der Waals surface area contributed by atoms with Crippen LogP contribution in [0.3, 0.4) is 0 Å². The van der Waals surface area contributed by atoms with E-state index in [4.69, 9.17) is 0 Å². The van der Waals surface area contributed by atoms with Crippen LogP contribution in [-0.2, 0) is 5.41 Å². The van der Waals surface area contributed by atoms with Crippen molar-refractivity contribution in [2.75, 3.05) is 0 Å². The highest BCUT2D eigenvalue weighted by atomic mass is 32.2. The van der Waals surface area contributed by atoms with Crippen molar-refractivity contribution >= 4 is 23.1 Å². The molecule has 1 aromatic heterocycles. The zero-order valence-corrected chi connectivity index (χ0v) is 12.6. The summed E-state index contributed by atoms with van der Waals surface area (Å²) in [5.74, 6) is 2.79. The molecule has 2 nitrogen and oxygen atoms in total. The molecule has 4 atom stereocenters. The minimum atomic E-state index is 0.177. The van der Waals surface area contributed by atoms with Crippen LogP contribution in [0.15, 0.2) is 9.82 Å². The fraction of sp³-hybridized carbons (Fsp3) is 0.800. The smallest absolute Gasteiger partial charge is 0.305 e. The fourth-order valence-corrected chi connectivity index (χ4v) is 8.92. The Morgan fingerprint density at radius 1 is 1.16 bits per heavy atom. The van der Waals surface area contributed by atoms with Gasteiger partial charge in [-0.3, -0.25) is 4.79 Å². The molecule has 0 amide bonds. The van der Waals surface area contributed by atoms with Crippen LogP contribution in [0.5, 0.6) is 0 Å². The number of nitrogens with one attached hydrogen (secondary N) is 1. The van der Waals surface area contributed by atoms with E-state index in [0.717, 1.165) is 23.0 Å². The summed E-state index contributed by atoms with van der Waals surface area (Å²) in [5, 5.41) is 2.07. The first-order chi connectivity index (χ1) is 9.28. The van der Waals surface area contributed by atoms with Crippen molar-refractivity contribution in [3.05, 3.63) is 14.5 Å². The summed E-state index contributed by atoms with van der Waals surface area (Å²) < 4.78 is 0. The van der Waals surface area contributed by atoms with Crippen molar-refractivity contribution < 1.29 is 0 Å². The summed E-state index contributed by atoms with van der Waals surface area (Å²) in [6.45, 7) is 0. The lowest BCUT2D eigenvalue weighted by Gasteiger charge is -2.47. The van der Waals surface area contributed by atoms with Crippen molar-refractivity contribution in [3.8, 4) is 0 Å². The number of hydrogen-bond donors (Lipinski definition) is 1. The number of aromatic nitrogens is 1. The van der Waals surface area contributed by atoms with Gasteiger partial charge in [0.05, 0.1) is 5.03 Å². The van der Waals surface area contributed by atoms with Crippen molar-refractivity contribution in [2.24, 2.45) is 17.8 Å². The second-order valence-electron chi connectivity index (χ2n) is 6.98. The molecule has 19 heavy (non-hydrogen) atoms. The Balaban J connectivity index is 1.73. The van der Waals surface area contributed by atoms with Gasteiger partial charge in [-0.1, -0.05) is 24.2 Å². The van der Waals surface area contributed by atoms with Gasteiger partial charge in [0.2, 0.25) is 0 Å². The number of fused-ring (bicyclic) bond motifs is 8. The van der Waals surface area contributed by atoms with E-state index in [-0.39, 0.29) is 4.87 Å². The maximum atomic E-state index is 11.8. The maximum Gasteiger partial charge on any atom is 0.305 e. The third kappa shape index (κ3) is 1.33. The summed E-state index contributed by atoms with van der Waals surface area (Å²) in [5.41, 5.74) is 0.398. The van der Waals surface area contributed by atoms with Gasteiger partial charge in [0.15, 0.2) is 0 Å². The minimum Gasteiger partial charge on any atom is -0.307 e. The Hall–Kier alpha value is -0.220. The van der Waals surface area contributed by atoms with E-state index in [1.165, 1.54) is 66.2 Å². The van der Waals surface area contributed by atoms with Gasteiger partial charge < -0.3 is 4.98 Å². The van der Waals surface area contributed by atoms with E-state index < -0.39 is 0 Å². The molecule has 3 saturated carbocycles. The van der Waals surface area contributed by atoms with Crippen molar-refractivity contribution in [1.82, 2.24) is 4.98 Å². The Bertz CT molecular complexity index is 583. The minimum absolute atomic E-state index is 0.177. The number of thiazole rings is 1. The maximum absolute atomic E-state index is 11.8. The summed E-state index contributed by atoms with van der Waals surface area (Å²) >= 11 is 3.56. The first-order valence-corrected chi connectivity index (χ1v) is 9.38. The molecule has 0 aromatic carbocycles. The lowest BCUT2D eigenvalue weighted by atomic mass is 9.65. The molecule has 3 fully saturated rings. The zero-order chi connectivity index (χ0) is 12.6. The van der Waals surface area contributed by atoms with Gasteiger partial charge in [0, 0.05) is 15.5 Å². The first-order valence-electron chi connectivity index (χ1n) is 7.68. The van der Waals surface area contributed by atoms with Crippen LogP contribution in [0.1, 0.15) is 49.8 Å². The molecule has 102 valence electrons. The van der Waals surface area contributed by atoms with Crippen molar-refractivity contribution in [1.29, 1.82) is 0 Å². The first kappa shape index (κ1) is 11.4. The highest BCUT2D eigenvalue weighted by Gasteiger charge is 2.61. The van der Waals surface area contributed by atoms with Crippen LogP contribution in [0.25, 0.3) is 0 Å². The van der Waals surface area contributed by atoms with Crippen molar-refractivity contribution in [3.63, 3.8) is 0 Å². The second kappa shape index (κ2) is 3.70. The molecule has 4 aliphatic rings. The Labute approximate surface area is 121 Å². The SMILES string of the molecule is O=c1[nH]c2c(s1)C1(CCCC1)[C@H]1[C@@H]3CC[C@H](C3)[C@H]1S2. The van der Waals surface area contributed by atoms with Gasteiger partial charge in [-0.25, -0.2) is 0 Å². The van der Waals surface area contributed by atoms with Gasteiger partial charge in [0.25, 0.3) is 0 Å². The molecule has 1 aromatic rings. The number of hydrogen-bond acceptors (Lipinski definition) is 3. The fourth-order valence-electron chi connectivity index (χ4n) is 5.75. The lowest BCUT2D eigenvalue weighted by molar-refractivity contribution is 0.188. The average molecular weight is 293 g/mol. The average Bonchev–Trinajstić information content (AvgIpc) is 3.12. The molecule has 0 unspecified atom stereocenters. The molecule has 0 radical (unpaired) electrons. The molecule has 3 aliphatic carbocycles. The molecule has 4 heteroatoms. The third-order valence-corrected chi connectivity index (χ3v) is 9.02. The third-order valence-electron chi connectivity index (χ3n) is 6.30. The molecule has 5 rings (SSSR count). The topological polar surface area (TPSA) is 32.9 Å². The van der Waals surface area contributed by atoms with E-state index >= 15 is 0 Å². The van der Waals surface area contributed by atoms with Crippen LogP contribution >= 0.6 is 23.1 Å². The predicted octanol–water partition coefficient (Wildman–Crippen LogP) is 3.77. The summed E-state index contributed by atoms with van der Waals surface area (Å²) in [7, 11) is 0. The van der Waals surface area contributed by atoms with E-state index in [2.05, 4.69) is 4.98 Å². The van der Waals surface area contributed by atoms with E-state index in [1.807, 2.05) is 11.8 Å². The summed E-state index contributed by atoms with van der Waals surface area (Å²) in [4.78, 5) is 16.6. The van der Waals surface area contributed by atoms with E-state index in [9.17, 15) is 4.79 Å². The van der Waals surface area contributed by atoms with Gasteiger partial charge in [-0.05, 0) is 49.9 Å². The lowest BCUT2D eigenvalue weighted by Crippen LogP contribution is -2.44. The monoisotopic (exact) mass is 293 g/mol. The molecule has 1 aliphatic heterocycles. The number of thioether (sulfide) groups is 1. The Kier molecular flexibility index (Phi) is 2.23. The molecule has 1 spiro atoms. The zero-order valence-electron chi connectivity index (χ0n) is 11.0. The number of H-pyrrole nitrogens is 1. The largest absolute Gasteiger partial charge is 0.307 e. The number of aromatic amines is 1. The Morgan fingerprint density at radius 3 is 2.79 bits per heavy atom. The molecular formula is C15H19NOS2. The molecule has 2 bridgehead atoms. The van der Waals surface area contributed by atoms with Gasteiger partial charge >= 0.3 is 4.87 Å². The molecule has 1 N–H and O–H groups in total. The van der Waals surface area contributed by atoms with Crippen LogP contribution in [0.2, 0.25) is 0 Å². The Morgan fingerprint density at radius 2 is 1.95 bits per heavy atom. The van der Waals surface area contributed by atoms with Gasteiger partial charge in [0.1, 0.15) is 0 Å². The number of rotatable bonds is 0. The standard InChI is InChI=1S/C15H19NOS2/c17-14-16-13-12(19-14)15(5-1-2-6-15)10-8-3-4-9(7-8)11(10)18-13/h8-11H,1-7H2,(H,16,17)/t8-,9-,10+,11-/m1/s1. The predicted molar refractivity (Wildman–Crippen MR) is 79.1 cm³/mol. The quantitative estimate of drug-likeness (QED) is 0.790. The molecule has 0 saturated heterocycles.